The predicted octanol–water partition coefficient (Wildman–Crippen LogP) is 16.2. The SMILES string of the molecule is C.Cc1ccc(COc2ccc(C)cc2)cc1.Cc1ccc(OC(=O)c2ccc(C)cc2)cc1.Cc1ccc(Oc2ccc(C)cc2)cc1.Cc1ccc(Oc2ccc(C)cc2)cc1.[C-]#[O+].[Y].[Y]. The second kappa shape index (κ2) is 33.1. The van der Waals surface area contributed by atoms with Gasteiger partial charge in [-0.25, -0.2) is 4.79 Å². The van der Waals surface area contributed by atoms with Crippen molar-refractivity contribution >= 4 is 5.97 Å². The molecule has 8 heteroatoms. The number of rotatable bonds is 9. The number of esters is 1. The Hall–Kier alpha value is -5.42. The van der Waals surface area contributed by atoms with Crippen LogP contribution in [0.1, 0.15) is 67.9 Å². The van der Waals surface area contributed by atoms with Crippen LogP contribution in [0.15, 0.2) is 194 Å². The maximum atomic E-state index is 11.8. The van der Waals surface area contributed by atoms with Gasteiger partial charge >= 0.3 is 17.3 Å². The van der Waals surface area contributed by atoms with E-state index < -0.39 is 0 Å². The molecule has 8 rings (SSSR count). The Labute approximate surface area is 456 Å². The number of benzene rings is 8. The average molecular weight is 1060 g/mol. The Kier molecular flexibility index (Phi) is 29.5. The molecule has 8 aromatic rings. The third-order valence-corrected chi connectivity index (χ3v) is 9.62. The standard InChI is InChI=1S/C15H14O2.C15H16O.2C14H14O.CO.CH4.2Y/c1-11-3-7-13(8-4-11)15(16)17-14-9-5-12(2)6-10-14;1-12-3-7-14(8-4-12)11-16-15-9-5-13(2)6-10-15;2*1-11-3-7-13(8-4-11)15-14-9-5-12(2)6-10-14;1-2;;;/h3-10H,1-2H3;3-10H,11H2,1-2H3;2*3-10H,1-2H3;;1H4;;. The van der Waals surface area contributed by atoms with Crippen LogP contribution in [-0.4, -0.2) is 5.97 Å². The van der Waals surface area contributed by atoms with Crippen LogP contribution in [0.5, 0.6) is 34.5 Å². The van der Waals surface area contributed by atoms with E-state index in [0.717, 1.165) is 39.9 Å². The van der Waals surface area contributed by atoms with Crippen LogP contribution in [0, 0.1) is 62.0 Å². The Balaban J connectivity index is 0.000000442. The van der Waals surface area contributed by atoms with Gasteiger partial charge in [0.25, 0.3) is 0 Å². The predicted molar refractivity (Wildman–Crippen MR) is 270 cm³/mol. The molecule has 0 unspecified atom stereocenters. The quantitative estimate of drug-likeness (QED) is 0.0623. The van der Waals surface area contributed by atoms with Crippen molar-refractivity contribution in [3.05, 3.63) is 256 Å². The molecule has 8 aromatic carbocycles. The van der Waals surface area contributed by atoms with E-state index in [2.05, 4.69) is 84.6 Å². The summed E-state index contributed by atoms with van der Waals surface area (Å²) >= 11 is 0. The molecule has 0 bridgehead atoms. The molecule has 0 amide bonds. The summed E-state index contributed by atoms with van der Waals surface area (Å²) in [7, 11) is 0. The number of hydrogen-bond donors (Lipinski definition) is 0. The smallest absolute Gasteiger partial charge is 0 e. The van der Waals surface area contributed by atoms with Gasteiger partial charge in [-0.1, -0.05) is 161 Å². The van der Waals surface area contributed by atoms with Gasteiger partial charge in [-0.3, -0.25) is 0 Å². The van der Waals surface area contributed by atoms with Gasteiger partial charge in [-0.05, 0) is 146 Å². The summed E-state index contributed by atoms with van der Waals surface area (Å²) < 4.78 is 29.8. The van der Waals surface area contributed by atoms with E-state index in [1.165, 1.54) is 38.9 Å². The second-order valence-electron chi connectivity index (χ2n) is 15.6. The Morgan fingerprint density at radius 1 is 0.353 bits per heavy atom. The van der Waals surface area contributed by atoms with Crippen LogP contribution in [0.3, 0.4) is 0 Å². The summed E-state index contributed by atoms with van der Waals surface area (Å²) in [6.45, 7) is 21.5. The summed E-state index contributed by atoms with van der Waals surface area (Å²) in [5.74, 6) is 4.68. The summed E-state index contributed by atoms with van der Waals surface area (Å²) in [5, 5.41) is 0. The van der Waals surface area contributed by atoms with E-state index in [1.54, 1.807) is 24.3 Å². The van der Waals surface area contributed by atoms with Gasteiger partial charge in [0.1, 0.15) is 41.1 Å². The summed E-state index contributed by atoms with van der Waals surface area (Å²) in [5.41, 5.74) is 11.5. The molecule has 6 nitrogen and oxygen atoms in total. The zero-order chi connectivity index (χ0) is 47.0. The van der Waals surface area contributed by atoms with E-state index >= 15 is 0 Å². The third-order valence-electron chi connectivity index (χ3n) is 9.62. The first kappa shape index (κ1) is 60.6. The van der Waals surface area contributed by atoms with Gasteiger partial charge < -0.3 is 18.9 Å². The molecule has 0 aliphatic heterocycles. The van der Waals surface area contributed by atoms with Gasteiger partial charge in [0.05, 0.1) is 5.56 Å². The monoisotopic (exact) mass is 1060 g/mol. The minimum absolute atomic E-state index is 0. The van der Waals surface area contributed by atoms with Crippen molar-refractivity contribution in [1.82, 2.24) is 0 Å². The van der Waals surface area contributed by atoms with Gasteiger partial charge in [-0.15, -0.1) is 0 Å². The minimum Gasteiger partial charge on any atom is 0 e. The molecule has 0 fully saturated rings. The number of aryl methyl sites for hydroxylation is 8. The molecular formula is C60H62O6Y2. The van der Waals surface area contributed by atoms with Crippen molar-refractivity contribution < 1.29 is 93.8 Å². The molecule has 0 aliphatic carbocycles. The van der Waals surface area contributed by atoms with Crippen LogP contribution < -0.4 is 18.9 Å². The molecular weight excluding hydrogens is 994 g/mol. The molecule has 0 spiro atoms. The Bertz CT molecular complexity index is 2390. The molecule has 0 aromatic heterocycles. The van der Waals surface area contributed by atoms with Crippen LogP contribution in [0.4, 0.5) is 0 Å². The fourth-order valence-corrected chi connectivity index (χ4v) is 5.64. The number of hydrogen-bond acceptors (Lipinski definition) is 5. The van der Waals surface area contributed by atoms with Gasteiger partial charge in [0.2, 0.25) is 0 Å². The largest absolute Gasteiger partial charge is 0 e. The molecule has 0 aliphatic rings. The van der Waals surface area contributed by atoms with Crippen LogP contribution >= 0.6 is 0 Å². The number of carbonyl (C=O) groups excluding carboxylic acids is 1. The molecule has 0 saturated heterocycles. The maximum Gasteiger partial charge on any atom is 0 e. The van der Waals surface area contributed by atoms with E-state index in [-0.39, 0.29) is 78.8 Å². The van der Waals surface area contributed by atoms with Crippen LogP contribution in [0.2, 0.25) is 0 Å². The molecule has 0 heterocycles. The number of ether oxygens (including phenoxy) is 4. The van der Waals surface area contributed by atoms with E-state index in [4.69, 9.17) is 23.6 Å². The van der Waals surface area contributed by atoms with Crippen molar-refractivity contribution in [2.24, 2.45) is 0 Å². The zero-order valence-electron chi connectivity index (χ0n) is 39.8. The summed E-state index contributed by atoms with van der Waals surface area (Å²) in [4.78, 5) is 11.8. The van der Waals surface area contributed by atoms with E-state index in [9.17, 15) is 4.79 Å². The van der Waals surface area contributed by atoms with Crippen LogP contribution in [0.25, 0.3) is 0 Å². The molecule has 2 radical (unpaired) electrons. The molecule has 68 heavy (non-hydrogen) atoms. The van der Waals surface area contributed by atoms with Crippen molar-refractivity contribution in [2.75, 3.05) is 0 Å². The summed E-state index contributed by atoms with van der Waals surface area (Å²) in [6.07, 6.45) is 0. The first-order valence-electron chi connectivity index (χ1n) is 21.3. The fraction of sp³-hybridized carbons (Fsp3) is 0.167. The average Bonchev–Trinajstić information content (AvgIpc) is 3.32. The topological polar surface area (TPSA) is 73.9 Å². The van der Waals surface area contributed by atoms with Gasteiger partial charge in [-0.2, -0.15) is 0 Å². The molecule has 0 N–H and O–H groups in total. The maximum absolute atomic E-state index is 11.8. The fourth-order valence-electron chi connectivity index (χ4n) is 5.64. The van der Waals surface area contributed by atoms with Crippen molar-refractivity contribution in [3.63, 3.8) is 0 Å². The number of carbonyl (C=O) groups is 1. The first-order chi connectivity index (χ1) is 31.4. The van der Waals surface area contributed by atoms with Gasteiger partial charge in [0.15, 0.2) is 0 Å². The normalized spacial score (nSPS) is 9.32. The van der Waals surface area contributed by atoms with E-state index in [1.807, 2.05) is 147 Å². The third kappa shape index (κ3) is 23.5. The molecule has 344 valence electrons. The minimum atomic E-state index is -0.325. The van der Waals surface area contributed by atoms with Crippen molar-refractivity contribution in [3.8, 4) is 34.5 Å². The summed E-state index contributed by atoms with van der Waals surface area (Å²) in [6, 6.07) is 63.5. The zero-order valence-corrected chi connectivity index (χ0v) is 45.5. The Morgan fingerprint density at radius 3 is 0.853 bits per heavy atom. The first-order valence-corrected chi connectivity index (χ1v) is 21.3. The van der Waals surface area contributed by atoms with Crippen molar-refractivity contribution in [1.29, 1.82) is 0 Å². The Morgan fingerprint density at radius 2 is 0.574 bits per heavy atom. The molecule has 0 atom stereocenters. The van der Waals surface area contributed by atoms with Crippen molar-refractivity contribution in [2.45, 2.75) is 69.4 Å². The van der Waals surface area contributed by atoms with Crippen LogP contribution in [-0.2, 0) is 76.7 Å². The van der Waals surface area contributed by atoms with Gasteiger partial charge in [0, 0.05) is 65.4 Å². The van der Waals surface area contributed by atoms with E-state index in [0.29, 0.717) is 17.9 Å². The molecule has 0 saturated carbocycles. The second-order valence-corrected chi connectivity index (χ2v) is 15.6.